The highest BCUT2D eigenvalue weighted by Gasteiger charge is 2.36. The molecule has 5 nitrogen and oxygen atoms in total. The number of morpholine rings is 1. The molecule has 4 atom stereocenters. The lowest BCUT2D eigenvalue weighted by Crippen LogP contribution is -2.54. The summed E-state index contributed by atoms with van der Waals surface area (Å²) in [6, 6.07) is 0.489. The minimum atomic E-state index is 0.0579. The van der Waals surface area contributed by atoms with Crippen molar-refractivity contribution in [3.8, 4) is 0 Å². The highest BCUT2D eigenvalue weighted by atomic mass is 16.5. The van der Waals surface area contributed by atoms with Crippen LogP contribution in [0.3, 0.4) is 0 Å². The van der Waals surface area contributed by atoms with Gasteiger partial charge in [0, 0.05) is 19.2 Å². The zero-order chi connectivity index (χ0) is 15.6. The van der Waals surface area contributed by atoms with E-state index in [9.17, 15) is 4.79 Å². The van der Waals surface area contributed by atoms with Gasteiger partial charge in [0.15, 0.2) is 0 Å². The van der Waals surface area contributed by atoms with Gasteiger partial charge in [-0.2, -0.15) is 0 Å². The molecule has 5 heteroatoms. The minimum absolute atomic E-state index is 0.0579. The van der Waals surface area contributed by atoms with Gasteiger partial charge in [-0.25, -0.2) is 4.79 Å². The Morgan fingerprint density at radius 1 is 0.913 bits per heavy atom. The second-order valence-corrected chi connectivity index (χ2v) is 7.82. The highest BCUT2D eigenvalue weighted by molar-refractivity contribution is 5.74. The van der Waals surface area contributed by atoms with Crippen molar-refractivity contribution < 1.29 is 14.3 Å². The number of hydrogen-bond donors (Lipinski definition) is 1. The van der Waals surface area contributed by atoms with E-state index in [1.165, 1.54) is 32.1 Å². The van der Waals surface area contributed by atoms with Crippen LogP contribution in [0.25, 0.3) is 0 Å². The molecule has 1 N–H and O–H groups in total. The van der Waals surface area contributed by atoms with Gasteiger partial charge < -0.3 is 19.7 Å². The SMILES string of the molecule is O=C(NC1CCCC(C2CC2)C1)N1CCOC(C2CCCO2)C1. The first kappa shape index (κ1) is 15.7. The fourth-order valence-electron chi connectivity index (χ4n) is 4.60. The number of carbonyl (C=O) groups excluding carboxylic acids is 1. The third-order valence-corrected chi connectivity index (χ3v) is 6.09. The Morgan fingerprint density at radius 2 is 1.78 bits per heavy atom. The van der Waals surface area contributed by atoms with Crippen molar-refractivity contribution in [1.29, 1.82) is 0 Å². The van der Waals surface area contributed by atoms with Crippen LogP contribution < -0.4 is 5.32 Å². The first-order valence-electron chi connectivity index (χ1n) is 9.58. The zero-order valence-corrected chi connectivity index (χ0v) is 14.0. The standard InChI is InChI=1S/C18H30N2O3/c21-18(19-15-4-1-3-14(11-15)13-6-7-13)20-8-10-23-17(12-20)16-5-2-9-22-16/h13-17H,1-12H2,(H,19,21). The molecule has 0 aromatic heterocycles. The average Bonchev–Trinajstić information content (AvgIpc) is 3.30. The van der Waals surface area contributed by atoms with E-state index in [1.54, 1.807) is 0 Å². The Hall–Kier alpha value is -0.810. The number of hydrogen-bond acceptors (Lipinski definition) is 3. The van der Waals surface area contributed by atoms with E-state index in [0.717, 1.165) is 37.7 Å². The number of urea groups is 1. The lowest BCUT2D eigenvalue weighted by Gasteiger charge is -2.37. The van der Waals surface area contributed by atoms with E-state index in [0.29, 0.717) is 25.7 Å². The molecule has 0 radical (unpaired) electrons. The number of rotatable bonds is 3. The van der Waals surface area contributed by atoms with Crippen LogP contribution in [0.2, 0.25) is 0 Å². The molecule has 2 aliphatic carbocycles. The minimum Gasteiger partial charge on any atom is -0.375 e. The molecule has 0 spiro atoms. The molecule has 4 aliphatic rings. The molecule has 0 aromatic rings. The zero-order valence-electron chi connectivity index (χ0n) is 14.0. The maximum absolute atomic E-state index is 12.6. The normalized spacial score (nSPS) is 38.5. The van der Waals surface area contributed by atoms with Crippen LogP contribution in [-0.4, -0.2) is 55.5 Å². The monoisotopic (exact) mass is 322 g/mol. The molecule has 2 saturated heterocycles. The topological polar surface area (TPSA) is 50.8 Å². The van der Waals surface area contributed by atoms with Crippen molar-refractivity contribution in [3.05, 3.63) is 0 Å². The van der Waals surface area contributed by atoms with E-state index in [-0.39, 0.29) is 18.2 Å². The van der Waals surface area contributed by atoms with Crippen molar-refractivity contribution in [1.82, 2.24) is 10.2 Å². The molecule has 2 amide bonds. The molecule has 4 rings (SSSR count). The summed E-state index contributed by atoms with van der Waals surface area (Å²) in [6.45, 7) is 2.85. The Balaban J connectivity index is 1.27. The fourth-order valence-corrected chi connectivity index (χ4v) is 4.60. The highest BCUT2D eigenvalue weighted by Crippen LogP contribution is 2.43. The lowest BCUT2D eigenvalue weighted by molar-refractivity contribution is -0.0851. The van der Waals surface area contributed by atoms with Gasteiger partial charge in [-0.15, -0.1) is 0 Å². The quantitative estimate of drug-likeness (QED) is 0.869. The molecular weight excluding hydrogens is 292 g/mol. The summed E-state index contributed by atoms with van der Waals surface area (Å²) in [4.78, 5) is 14.6. The van der Waals surface area contributed by atoms with Crippen LogP contribution in [0.1, 0.15) is 51.4 Å². The third kappa shape index (κ3) is 3.82. The number of nitrogens with one attached hydrogen (secondary N) is 1. The first-order chi connectivity index (χ1) is 11.3. The van der Waals surface area contributed by atoms with Crippen molar-refractivity contribution in [2.75, 3.05) is 26.3 Å². The molecule has 0 bridgehead atoms. The molecule has 130 valence electrons. The summed E-state index contributed by atoms with van der Waals surface area (Å²) < 4.78 is 11.6. The molecular formula is C18H30N2O3. The summed E-state index contributed by atoms with van der Waals surface area (Å²) in [7, 11) is 0. The van der Waals surface area contributed by atoms with E-state index >= 15 is 0 Å². The molecule has 2 heterocycles. The molecule has 4 unspecified atom stereocenters. The summed E-state index contributed by atoms with van der Waals surface area (Å²) in [6.07, 6.45) is 10.2. The van der Waals surface area contributed by atoms with Crippen LogP contribution >= 0.6 is 0 Å². The number of amides is 2. The van der Waals surface area contributed by atoms with Crippen molar-refractivity contribution in [2.24, 2.45) is 11.8 Å². The Kier molecular flexibility index (Phi) is 4.76. The number of carbonyl (C=O) groups is 1. The molecule has 0 aromatic carbocycles. The van der Waals surface area contributed by atoms with Gasteiger partial charge in [-0.3, -0.25) is 0 Å². The molecule has 2 saturated carbocycles. The third-order valence-electron chi connectivity index (χ3n) is 6.09. The Bertz CT molecular complexity index is 420. The number of nitrogens with zero attached hydrogens (tertiary/aromatic N) is 1. The van der Waals surface area contributed by atoms with Crippen LogP contribution in [0.4, 0.5) is 4.79 Å². The van der Waals surface area contributed by atoms with E-state index in [4.69, 9.17) is 9.47 Å². The predicted octanol–water partition coefficient (Wildman–Crippen LogP) is 2.54. The first-order valence-corrected chi connectivity index (χ1v) is 9.58. The lowest BCUT2D eigenvalue weighted by atomic mass is 9.83. The van der Waals surface area contributed by atoms with Gasteiger partial charge in [-0.05, 0) is 50.4 Å². The molecule has 2 aliphatic heterocycles. The van der Waals surface area contributed by atoms with E-state index in [1.807, 2.05) is 4.90 Å². The van der Waals surface area contributed by atoms with Crippen molar-refractivity contribution >= 4 is 6.03 Å². The summed E-state index contributed by atoms with van der Waals surface area (Å²) in [5.74, 6) is 1.82. The molecule has 4 fully saturated rings. The van der Waals surface area contributed by atoms with E-state index < -0.39 is 0 Å². The second-order valence-electron chi connectivity index (χ2n) is 7.82. The Labute approximate surface area is 139 Å². The predicted molar refractivity (Wildman–Crippen MR) is 87.3 cm³/mol. The van der Waals surface area contributed by atoms with Crippen molar-refractivity contribution in [2.45, 2.75) is 69.6 Å². The van der Waals surface area contributed by atoms with Crippen LogP contribution in [0, 0.1) is 11.8 Å². The van der Waals surface area contributed by atoms with Crippen LogP contribution in [0.15, 0.2) is 0 Å². The summed E-state index contributed by atoms with van der Waals surface area (Å²) in [5.41, 5.74) is 0. The van der Waals surface area contributed by atoms with Gasteiger partial charge in [0.2, 0.25) is 0 Å². The largest absolute Gasteiger partial charge is 0.375 e. The van der Waals surface area contributed by atoms with Gasteiger partial charge in [-0.1, -0.05) is 12.8 Å². The second kappa shape index (κ2) is 6.98. The van der Waals surface area contributed by atoms with Crippen LogP contribution in [-0.2, 0) is 9.47 Å². The maximum Gasteiger partial charge on any atom is 0.317 e. The van der Waals surface area contributed by atoms with Crippen molar-refractivity contribution in [3.63, 3.8) is 0 Å². The average molecular weight is 322 g/mol. The number of ether oxygens (including phenoxy) is 2. The van der Waals surface area contributed by atoms with Gasteiger partial charge in [0.1, 0.15) is 6.10 Å². The van der Waals surface area contributed by atoms with Gasteiger partial charge in [0.05, 0.1) is 19.3 Å². The van der Waals surface area contributed by atoms with Crippen LogP contribution in [0.5, 0.6) is 0 Å². The molecule has 23 heavy (non-hydrogen) atoms. The smallest absolute Gasteiger partial charge is 0.317 e. The summed E-state index contributed by atoms with van der Waals surface area (Å²) in [5, 5.41) is 3.30. The van der Waals surface area contributed by atoms with Gasteiger partial charge in [0.25, 0.3) is 0 Å². The Morgan fingerprint density at radius 3 is 2.57 bits per heavy atom. The maximum atomic E-state index is 12.6. The fraction of sp³-hybridized carbons (Fsp3) is 0.944. The van der Waals surface area contributed by atoms with Gasteiger partial charge >= 0.3 is 6.03 Å². The van der Waals surface area contributed by atoms with E-state index in [2.05, 4.69) is 5.32 Å². The summed E-state index contributed by atoms with van der Waals surface area (Å²) >= 11 is 0.